The second kappa shape index (κ2) is 7.06. The summed E-state index contributed by atoms with van der Waals surface area (Å²) < 4.78 is 2.91. The summed E-state index contributed by atoms with van der Waals surface area (Å²) in [7, 11) is 0. The topological polar surface area (TPSA) is 83.6 Å². The molecule has 0 spiro atoms. The molecule has 1 N–H and O–H groups in total. The molecule has 1 aromatic carbocycles. The number of hydrogen-bond donors (Lipinski definition) is 1. The van der Waals surface area contributed by atoms with Crippen LogP contribution in [0.1, 0.15) is 36.8 Å². The van der Waals surface area contributed by atoms with Gasteiger partial charge in [0.05, 0.1) is 11.1 Å². The van der Waals surface area contributed by atoms with Crippen LogP contribution in [0.3, 0.4) is 0 Å². The van der Waals surface area contributed by atoms with E-state index in [4.69, 9.17) is 11.6 Å². The van der Waals surface area contributed by atoms with Crippen LogP contribution in [0.2, 0.25) is 5.02 Å². The normalized spacial score (nSPS) is 15.1. The molecule has 1 atom stereocenters. The smallest absolute Gasteiger partial charge is 0.250 e. The number of hydrogen-bond acceptors (Lipinski definition) is 5. The Labute approximate surface area is 159 Å². The van der Waals surface area contributed by atoms with Crippen LogP contribution in [0.25, 0.3) is 10.1 Å². The highest BCUT2D eigenvalue weighted by molar-refractivity contribution is 7.23. The van der Waals surface area contributed by atoms with E-state index in [2.05, 4.69) is 21.6 Å². The van der Waals surface area contributed by atoms with Gasteiger partial charge in [-0.05, 0) is 18.9 Å². The Morgan fingerprint density at radius 3 is 2.96 bits per heavy atom. The van der Waals surface area contributed by atoms with E-state index >= 15 is 0 Å². The van der Waals surface area contributed by atoms with Gasteiger partial charge in [-0.25, -0.2) is 0 Å². The standard InChI is InChI=1S/C18H16ClN5OS/c19-15-11-6-3-4-7-13(11)26-18(15)21-17(25)12(10-20)16-23-22-14-8-2-1-5-9-24(14)16/h3-4,6-7,12H,1-2,5,8-9H2,(H,21,25)/t12-/m0/s1. The number of fused-ring (bicyclic) bond motifs is 2. The van der Waals surface area contributed by atoms with Crippen molar-refractivity contribution in [3.05, 3.63) is 40.9 Å². The molecule has 4 rings (SSSR count). The molecule has 0 unspecified atom stereocenters. The van der Waals surface area contributed by atoms with E-state index in [1.54, 1.807) is 0 Å². The highest BCUT2D eigenvalue weighted by atomic mass is 35.5. The van der Waals surface area contributed by atoms with Gasteiger partial charge in [0.25, 0.3) is 0 Å². The van der Waals surface area contributed by atoms with Crippen molar-refractivity contribution in [2.24, 2.45) is 0 Å². The van der Waals surface area contributed by atoms with Crippen molar-refractivity contribution in [3.63, 3.8) is 0 Å². The average Bonchev–Trinajstić information content (AvgIpc) is 3.08. The van der Waals surface area contributed by atoms with Crippen LogP contribution in [0.4, 0.5) is 5.00 Å². The van der Waals surface area contributed by atoms with Crippen molar-refractivity contribution < 1.29 is 4.79 Å². The third-order valence-corrected chi connectivity index (χ3v) is 6.15. The molecule has 0 fully saturated rings. The van der Waals surface area contributed by atoms with Gasteiger partial charge in [-0.15, -0.1) is 21.5 Å². The fourth-order valence-corrected chi connectivity index (χ4v) is 4.61. The molecule has 8 heteroatoms. The van der Waals surface area contributed by atoms with E-state index in [9.17, 15) is 10.1 Å². The number of carbonyl (C=O) groups excluding carboxylic acids is 1. The Morgan fingerprint density at radius 1 is 1.31 bits per heavy atom. The Bertz CT molecular complexity index is 1020. The molecule has 0 bridgehead atoms. The molecule has 0 saturated carbocycles. The van der Waals surface area contributed by atoms with Crippen molar-refractivity contribution in [3.8, 4) is 6.07 Å². The SMILES string of the molecule is N#C[C@H](C(=O)Nc1sc2ccccc2c1Cl)c1nnc2n1CCCCC2. The molecule has 3 heterocycles. The number of nitrogens with one attached hydrogen (secondary N) is 1. The first-order chi connectivity index (χ1) is 12.7. The predicted octanol–water partition coefficient (Wildman–Crippen LogP) is 4.12. The third kappa shape index (κ3) is 2.96. The molecule has 1 aliphatic heterocycles. The molecule has 0 aliphatic carbocycles. The molecule has 1 aliphatic rings. The van der Waals surface area contributed by atoms with E-state index in [0.29, 0.717) is 15.8 Å². The van der Waals surface area contributed by atoms with Crippen LogP contribution in [0.15, 0.2) is 24.3 Å². The summed E-state index contributed by atoms with van der Waals surface area (Å²) in [5, 5.41) is 22.7. The Morgan fingerprint density at radius 2 is 2.15 bits per heavy atom. The minimum atomic E-state index is -1.02. The highest BCUT2D eigenvalue weighted by Gasteiger charge is 2.29. The van der Waals surface area contributed by atoms with Crippen molar-refractivity contribution >= 4 is 43.9 Å². The Kier molecular flexibility index (Phi) is 4.62. The number of thiophene rings is 1. The second-order valence-corrected chi connectivity index (χ2v) is 7.66. The fraction of sp³-hybridized carbons (Fsp3) is 0.333. The van der Waals surface area contributed by atoms with Crippen LogP contribution in [-0.2, 0) is 17.8 Å². The van der Waals surface area contributed by atoms with Gasteiger partial charge in [0.2, 0.25) is 5.91 Å². The molecule has 3 aromatic rings. The maximum Gasteiger partial charge on any atom is 0.250 e. The number of benzene rings is 1. The summed E-state index contributed by atoms with van der Waals surface area (Å²) in [5.41, 5.74) is 0. The van der Waals surface area contributed by atoms with Gasteiger partial charge in [-0.3, -0.25) is 4.79 Å². The summed E-state index contributed by atoms with van der Waals surface area (Å²) >= 11 is 7.78. The average molecular weight is 386 g/mol. The molecule has 6 nitrogen and oxygen atoms in total. The minimum absolute atomic E-state index is 0.416. The van der Waals surface area contributed by atoms with Crippen molar-refractivity contribution in [1.29, 1.82) is 5.26 Å². The summed E-state index contributed by atoms with van der Waals surface area (Å²) in [6.45, 7) is 0.743. The molecular formula is C18H16ClN5OS. The van der Waals surface area contributed by atoms with E-state index in [0.717, 1.165) is 48.1 Å². The second-order valence-electron chi connectivity index (χ2n) is 6.23. The van der Waals surface area contributed by atoms with Crippen LogP contribution in [0.5, 0.6) is 0 Å². The zero-order chi connectivity index (χ0) is 18.1. The molecule has 132 valence electrons. The van der Waals surface area contributed by atoms with E-state index in [1.165, 1.54) is 11.3 Å². The number of rotatable bonds is 3. The molecule has 26 heavy (non-hydrogen) atoms. The largest absolute Gasteiger partial charge is 0.315 e. The fourth-order valence-electron chi connectivity index (χ4n) is 3.23. The summed E-state index contributed by atoms with van der Waals surface area (Å²) in [6, 6.07) is 9.75. The van der Waals surface area contributed by atoms with E-state index < -0.39 is 11.8 Å². The Hall–Kier alpha value is -2.43. The quantitative estimate of drug-likeness (QED) is 0.735. The van der Waals surface area contributed by atoms with Crippen molar-refractivity contribution in [2.75, 3.05) is 5.32 Å². The molecule has 1 amide bonds. The maximum atomic E-state index is 12.8. The third-order valence-electron chi connectivity index (χ3n) is 4.56. The first-order valence-corrected chi connectivity index (χ1v) is 9.68. The van der Waals surface area contributed by atoms with Crippen LogP contribution >= 0.6 is 22.9 Å². The summed E-state index contributed by atoms with van der Waals surface area (Å²) in [4.78, 5) is 12.8. The number of aryl methyl sites for hydroxylation is 1. The predicted molar refractivity (Wildman–Crippen MR) is 101 cm³/mol. The first-order valence-electron chi connectivity index (χ1n) is 8.48. The number of nitriles is 1. The number of halogens is 1. The summed E-state index contributed by atoms with van der Waals surface area (Å²) in [5.74, 6) is -0.180. The lowest BCUT2D eigenvalue weighted by Crippen LogP contribution is -2.23. The van der Waals surface area contributed by atoms with Gasteiger partial charge < -0.3 is 9.88 Å². The molecular weight excluding hydrogens is 370 g/mol. The van der Waals surface area contributed by atoms with Gasteiger partial charge in [0.15, 0.2) is 11.7 Å². The van der Waals surface area contributed by atoms with Crippen LogP contribution < -0.4 is 5.32 Å². The van der Waals surface area contributed by atoms with Gasteiger partial charge in [-0.2, -0.15) is 5.26 Å². The zero-order valence-corrected chi connectivity index (χ0v) is 15.5. The van der Waals surface area contributed by atoms with E-state index in [-0.39, 0.29) is 0 Å². The lowest BCUT2D eigenvalue weighted by Gasteiger charge is -2.11. The van der Waals surface area contributed by atoms with E-state index in [1.807, 2.05) is 28.8 Å². The zero-order valence-electron chi connectivity index (χ0n) is 13.9. The van der Waals surface area contributed by atoms with Crippen LogP contribution in [0, 0.1) is 11.3 Å². The van der Waals surface area contributed by atoms with Crippen molar-refractivity contribution in [2.45, 2.75) is 38.1 Å². The maximum absolute atomic E-state index is 12.8. The number of carbonyl (C=O) groups is 1. The van der Waals surface area contributed by atoms with Gasteiger partial charge >= 0.3 is 0 Å². The number of nitrogens with zero attached hydrogens (tertiary/aromatic N) is 4. The number of anilines is 1. The molecule has 2 aromatic heterocycles. The lowest BCUT2D eigenvalue weighted by atomic mass is 10.1. The first kappa shape index (κ1) is 17.0. The number of aromatic nitrogens is 3. The Balaban J connectivity index is 1.63. The van der Waals surface area contributed by atoms with Gasteiger partial charge in [0, 0.05) is 23.1 Å². The van der Waals surface area contributed by atoms with Crippen LogP contribution in [-0.4, -0.2) is 20.7 Å². The van der Waals surface area contributed by atoms with Gasteiger partial charge in [-0.1, -0.05) is 36.2 Å². The summed E-state index contributed by atoms with van der Waals surface area (Å²) in [6.07, 6.45) is 4.00. The van der Waals surface area contributed by atoms with Gasteiger partial charge in [0.1, 0.15) is 10.8 Å². The van der Waals surface area contributed by atoms with Crippen molar-refractivity contribution in [1.82, 2.24) is 14.8 Å². The number of amides is 1. The lowest BCUT2D eigenvalue weighted by molar-refractivity contribution is -0.116. The monoisotopic (exact) mass is 385 g/mol. The minimum Gasteiger partial charge on any atom is -0.315 e. The molecule has 0 saturated heterocycles. The highest BCUT2D eigenvalue weighted by Crippen LogP contribution is 2.39. The molecule has 0 radical (unpaired) electrons.